The molecule has 0 spiro atoms. The lowest BCUT2D eigenvalue weighted by molar-refractivity contribution is 0.600. The molecule has 0 amide bonds. The second-order valence-corrected chi connectivity index (χ2v) is 6.63. The van der Waals surface area contributed by atoms with Gasteiger partial charge in [0, 0.05) is 10.6 Å². The SMILES string of the molecule is CSc1ccc(NS(=O)(=O)c2ccccc2C)cc1. The zero-order chi connectivity index (χ0) is 13.9. The van der Waals surface area contributed by atoms with Crippen LogP contribution in [0, 0.1) is 6.92 Å². The minimum atomic E-state index is -3.52. The Bertz CT molecular complexity index is 664. The van der Waals surface area contributed by atoms with Crippen LogP contribution in [0.3, 0.4) is 0 Å². The highest BCUT2D eigenvalue weighted by atomic mass is 32.2. The third kappa shape index (κ3) is 3.30. The highest BCUT2D eigenvalue weighted by molar-refractivity contribution is 7.98. The van der Waals surface area contributed by atoms with E-state index in [1.54, 1.807) is 49.0 Å². The standard InChI is InChI=1S/C14H15NO2S2/c1-11-5-3-4-6-14(11)19(16,17)15-12-7-9-13(18-2)10-8-12/h3-10,15H,1-2H3. The minimum Gasteiger partial charge on any atom is -0.280 e. The van der Waals surface area contributed by atoms with Crippen LogP contribution in [0.4, 0.5) is 5.69 Å². The number of benzene rings is 2. The van der Waals surface area contributed by atoms with E-state index in [4.69, 9.17) is 0 Å². The molecule has 0 fully saturated rings. The van der Waals surface area contributed by atoms with Gasteiger partial charge in [0.05, 0.1) is 4.90 Å². The summed E-state index contributed by atoms with van der Waals surface area (Å²) in [5.41, 5.74) is 1.30. The topological polar surface area (TPSA) is 46.2 Å². The van der Waals surface area contributed by atoms with E-state index in [-0.39, 0.29) is 0 Å². The number of nitrogens with one attached hydrogen (secondary N) is 1. The molecule has 0 aromatic heterocycles. The number of anilines is 1. The van der Waals surface area contributed by atoms with Gasteiger partial charge in [0.2, 0.25) is 0 Å². The van der Waals surface area contributed by atoms with Crippen LogP contribution < -0.4 is 4.72 Å². The molecule has 2 aromatic carbocycles. The van der Waals surface area contributed by atoms with E-state index >= 15 is 0 Å². The van der Waals surface area contributed by atoms with E-state index in [1.165, 1.54) is 0 Å². The molecule has 5 heteroatoms. The van der Waals surface area contributed by atoms with Crippen LogP contribution in [-0.4, -0.2) is 14.7 Å². The van der Waals surface area contributed by atoms with Gasteiger partial charge >= 0.3 is 0 Å². The fraction of sp³-hybridized carbons (Fsp3) is 0.143. The summed E-state index contributed by atoms with van der Waals surface area (Å²) < 4.78 is 27.1. The Hall–Kier alpha value is -1.46. The molecule has 0 aliphatic rings. The molecule has 1 N–H and O–H groups in total. The average molecular weight is 293 g/mol. The molecule has 3 nitrogen and oxygen atoms in total. The van der Waals surface area contributed by atoms with Crippen molar-refractivity contribution in [2.24, 2.45) is 0 Å². The van der Waals surface area contributed by atoms with Crippen molar-refractivity contribution < 1.29 is 8.42 Å². The van der Waals surface area contributed by atoms with Gasteiger partial charge in [0.25, 0.3) is 10.0 Å². The molecule has 0 bridgehead atoms. The van der Waals surface area contributed by atoms with Crippen LogP contribution in [0.1, 0.15) is 5.56 Å². The third-order valence-corrected chi connectivity index (χ3v) is 5.01. The molecule has 0 saturated carbocycles. The van der Waals surface area contributed by atoms with Crippen LogP contribution >= 0.6 is 11.8 Å². The lowest BCUT2D eigenvalue weighted by atomic mass is 10.2. The van der Waals surface area contributed by atoms with Gasteiger partial charge in [-0.15, -0.1) is 11.8 Å². The molecule has 2 rings (SSSR count). The number of thioether (sulfide) groups is 1. The average Bonchev–Trinajstić information content (AvgIpc) is 2.39. The van der Waals surface area contributed by atoms with Crippen LogP contribution in [0.15, 0.2) is 58.3 Å². The van der Waals surface area contributed by atoms with E-state index < -0.39 is 10.0 Å². The smallest absolute Gasteiger partial charge is 0.262 e. The lowest BCUT2D eigenvalue weighted by Gasteiger charge is -2.10. The van der Waals surface area contributed by atoms with Crippen molar-refractivity contribution in [3.8, 4) is 0 Å². The van der Waals surface area contributed by atoms with E-state index in [9.17, 15) is 8.42 Å². The van der Waals surface area contributed by atoms with Gasteiger partial charge in [0.15, 0.2) is 0 Å². The van der Waals surface area contributed by atoms with Crippen LogP contribution in [0.2, 0.25) is 0 Å². The van der Waals surface area contributed by atoms with Crippen molar-refractivity contribution in [3.63, 3.8) is 0 Å². The fourth-order valence-corrected chi connectivity index (χ4v) is 3.44. The maximum absolute atomic E-state index is 12.3. The summed E-state index contributed by atoms with van der Waals surface area (Å²) in [4.78, 5) is 1.41. The molecule has 0 radical (unpaired) electrons. The second-order valence-electron chi connectivity index (χ2n) is 4.10. The van der Waals surface area contributed by atoms with Crippen LogP contribution in [0.25, 0.3) is 0 Å². The number of hydrogen-bond donors (Lipinski definition) is 1. The van der Waals surface area contributed by atoms with Gasteiger partial charge in [-0.3, -0.25) is 4.72 Å². The van der Waals surface area contributed by atoms with Crippen molar-refractivity contribution >= 4 is 27.5 Å². The summed E-state index contributed by atoms with van der Waals surface area (Å²) >= 11 is 1.62. The van der Waals surface area contributed by atoms with Gasteiger partial charge in [-0.05, 0) is 49.1 Å². The van der Waals surface area contributed by atoms with Crippen molar-refractivity contribution in [2.75, 3.05) is 11.0 Å². The molecule has 100 valence electrons. The van der Waals surface area contributed by atoms with Gasteiger partial charge in [0.1, 0.15) is 0 Å². The number of hydrogen-bond acceptors (Lipinski definition) is 3. The number of sulfonamides is 1. The molecule has 0 aliphatic heterocycles. The Morgan fingerprint density at radius 3 is 2.21 bits per heavy atom. The van der Waals surface area contributed by atoms with Crippen molar-refractivity contribution in [1.29, 1.82) is 0 Å². The Labute approximate surface area is 118 Å². The predicted molar refractivity (Wildman–Crippen MR) is 80.2 cm³/mol. The third-order valence-electron chi connectivity index (χ3n) is 2.73. The molecule has 19 heavy (non-hydrogen) atoms. The first-order valence-corrected chi connectivity index (χ1v) is 8.46. The first-order chi connectivity index (χ1) is 9.03. The van der Waals surface area contributed by atoms with Crippen molar-refractivity contribution in [1.82, 2.24) is 0 Å². The first kappa shape index (κ1) is 14.0. The minimum absolute atomic E-state index is 0.309. The number of aryl methyl sites for hydroxylation is 1. The zero-order valence-electron chi connectivity index (χ0n) is 10.8. The van der Waals surface area contributed by atoms with E-state index in [0.29, 0.717) is 10.6 Å². The normalized spacial score (nSPS) is 11.3. The summed E-state index contributed by atoms with van der Waals surface area (Å²) in [6, 6.07) is 14.2. The first-order valence-electron chi connectivity index (χ1n) is 5.75. The maximum Gasteiger partial charge on any atom is 0.262 e. The second kappa shape index (κ2) is 5.67. The van der Waals surface area contributed by atoms with Gasteiger partial charge < -0.3 is 0 Å². The van der Waals surface area contributed by atoms with Crippen LogP contribution in [-0.2, 0) is 10.0 Å². The largest absolute Gasteiger partial charge is 0.280 e. The summed E-state index contributed by atoms with van der Waals surface area (Å²) in [5.74, 6) is 0. The molecule has 0 saturated heterocycles. The molecular weight excluding hydrogens is 278 g/mol. The molecule has 0 unspecified atom stereocenters. The Balaban J connectivity index is 2.28. The fourth-order valence-electron chi connectivity index (χ4n) is 1.73. The summed E-state index contributed by atoms with van der Waals surface area (Å²) in [7, 11) is -3.52. The Kier molecular flexibility index (Phi) is 4.17. The van der Waals surface area contributed by atoms with Crippen molar-refractivity contribution in [3.05, 3.63) is 54.1 Å². The van der Waals surface area contributed by atoms with E-state index in [2.05, 4.69) is 4.72 Å². The monoisotopic (exact) mass is 293 g/mol. The van der Waals surface area contributed by atoms with E-state index in [0.717, 1.165) is 10.5 Å². The molecule has 0 atom stereocenters. The molecule has 0 heterocycles. The quantitative estimate of drug-likeness (QED) is 0.877. The molecular formula is C14H15NO2S2. The van der Waals surface area contributed by atoms with Gasteiger partial charge in [-0.1, -0.05) is 18.2 Å². The molecule has 0 aliphatic carbocycles. The lowest BCUT2D eigenvalue weighted by Crippen LogP contribution is -2.14. The highest BCUT2D eigenvalue weighted by Gasteiger charge is 2.15. The van der Waals surface area contributed by atoms with Gasteiger partial charge in [-0.2, -0.15) is 0 Å². The van der Waals surface area contributed by atoms with E-state index in [1.807, 2.05) is 24.5 Å². The summed E-state index contributed by atoms with van der Waals surface area (Å²) in [6.07, 6.45) is 1.98. The summed E-state index contributed by atoms with van der Waals surface area (Å²) in [5, 5.41) is 0. The van der Waals surface area contributed by atoms with Crippen molar-refractivity contribution in [2.45, 2.75) is 16.7 Å². The Morgan fingerprint density at radius 1 is 1.00 bits per heavy atom. The highest BCUT2D eigenvalue weighted by Crippen LogP contribution is 2.21. The van der Waals surface area contributed by atoms with Gasteiger partial charge in [-0.25, -0.2) is 8.42 Å². The molecule has 2 aromatic rings. The zero-order valence-corrected chi connectivity index (χ0v) is 12.4. The predicted octanol–water partition coefficient (Wildman–Crippen LogP) is 3.52. The number of rotatable bonds is 4. The van der Waals surface area contributed by atoms with Crippen LogP contribution in [0.5, 0.6) is 0 Å². The maximum atomic E-state index is 12.3. The Morgan fingerprint density at radius 2 is 1.63 bits per heavy atom. The summed E-state index contributed by atoms with van der Waals surface area (Å²) in [6.45, 7) is 1.78.